The van der Waals surface area contributed by atoms with Crippen LogP contribution in [0.1, 0.15) is 0 Å². The van der Waals surface area contributed by atoms with Gasteiger partial charge in [0.05, 0.1) is 35.1 Å². The summed E-state index contributed by atoms with van der Waals surface area (Å²) in [4.78, 5) is 33.6. The van der Waals surface area contributed by atoms with Crippen LogP contribution in [0, 0.1) is 0 Å². The van der Waals surface area contributed by atoms with E-state index in [0.29, 0.717) is 21.8 Å². The number of hydrogen-bond donors (Lipinski definition) is 2. The maximum atomic E-state index is 12.2. The zero-order valence-electron chi connectivity index (χ0n) is 15.5. The molecule has 0 aliphatic rings. The number of hydrogen-bond acceptors (Lipinski definition) is 8. The molecule has 0 radical (unpaired) electrons. The monoisotopic (exact) mass is 440 g/mol. The third-order valence-corrected chi connectivity index (χ3v) is 5.81. The number of aromatic nitrogens is 2. The maximum absolute atomic E-state index is 12.2. The molecule has 0 bridgehead atoms. The first-order valence-electron chi connectivity index (χ1n) is 8.86. The van der Waals surface area contributed by atoms with Gasteiger partial charge in [0.1, 0.15) is 10.1 Å². The highest BCUT2D eigenvalue weighted by Gasteiger charge is 2.15. The third-order valence-electron chi connectivity index (χ3n) is 3.76. The van der Waals surface area contributed by atoms with Gasteiger partial charge in [-0.15, -0.1) is 0 Å². The van der Waals surface area contributed by atoms with Crippen LogP contribution in [0.5, 0.6) is 0 Å². The van der Waals surface area contributed by atoms with Crippen molar-refractivity contribution < 1.29 is 18.4 Å². The van der Waals surface area contributed by atoms with Gasteiger partial charge in [-0.1, -0.05) is 35.7 Å². The van der Waals surface area contributed by atoms with E-state index in [9.17, 15) is 9.59 Å². The quantitative estimate of drug-likeness (QED) is 0.391. The van der Waals surface area contributed by atoms with Crippen LogP contribution in [0.3, 0.4) is 0 Å². The van der Waals surface area contributed by atoms with Crippen LogP contribution in [-0.2, 0) is 9.59 Å². The number of nitrogens with zero attached hydrogens (tertiary/aromatic N) is 2. The SMILES string of the molecule is O=C(CSc1nc2ccccc2nc1SCC(=O)Nc1ccco1)Nc1ccco1. The lowest BCUT2D eigenvalue weighted by molar-refractivity contribution is -0.114. The standard InChI is InChI=1S/C20H16N4O4S2/c25-15(23-17-7-3-9-27-17)11-29-19-20(22-14-6-2-1-5-13(14)21-19)30-12-16(26)24-18-8-4-10-28-18/h1-10H,11-12H2,(H,23,25)(H,24,26). The molecule has 0 unspecified atom stereocenters. The van der Waals surface area contributed by atoms with E-state index in [1.807, 2.05) is 24.3 Å². The van der Waals surface area contributed by atoms with Crippen molar-refractivity contribution >= 4 is 58.1 Å². The molecule has 1 aromatic carbocycles. The molecule has 4 aromatic rings. The largest absolute Gasteiger partial charge is 0.449 e. The normalized spacial score (nSPS) is 10.8. The van der Waals surface area contributed by atoms with Gasteiger partial charge in [-0.2, -0.15) is 0 Å². The lowest BCUT2D eigenvalue weighted by Crippen LogP contribution is -2.14. The Morgan fingerprint density at radius 1 is 0.733 bits per heavy atom. The van der Waals surface area contributed by atoms with Crippen LogP contribution in [-0.4, -0.2) is 33.3 Å². The highest BCUT2D eigenvalue weighted by molar-refractivity contribution is 8.02. The smallest absolute Gasteiger partial charge is 0.237 e. The van der Waals surface area contributed by atoms with Gasteiger partial charge in [-0.05, 0) is 24.3 Å². The van der Waals surface area contributed by atoms with Crippen molar-refractivity contribution in [1.82, 2.24) is 9.97 Å². The van der Waals surface area contributed by atoms with Crippen LogP contribution in [0.25, 0.3) is 11.0 Å². The summed E-state index contributed by atoms with van der Waals surface area (Å²) in [6.45, 7) is 0. The van der Waals surface area contributed by atoms with Crippen molar-refractivity contribution in [3.8, 4) is 0 Å². The molecular formula is C20H16N4O4S2. The first-order chi connectivity index (χ1) is 14.7. The molecule has 2 N–H and O–H groups in total. The lowest BCUT2D eigenvalue weighted by Gasteiger charge is -2.09. The van der Waals surface area contributed by atoms with E-state index in [1.54, 1.807) is 24.3 Å². The molecule has 0 aliphatic heterocycles. The van der Waals surface area contributed by atoms with E-state index in [1.165, 1.54) is 36.1 Å². The molecule has 0 spiro atoms. The zero-order valence-corrected chi connectivity index (χ0v) is 17.2. The molecule has 30 heavy (non-hydrogen) atoms. The molecule has 0 atom stereocenters. The molecule has 0 saturated heterocycles. The molecule has 2 amide bonds. The Morgan fingerprint density at radius 2 is 1.20 bits per heavy atom. The molecule has 152 valence electrons. The first kappa shape index (κ1) is 20.0. The van der Waals surface area contributed by atoms with Gasteiger partial charge in [0, 0.05) is 12.1 Å². The maximum Gasteiger partial charge on any atom is 0.237 e. The summed E-state index contributed by atoms with van der Waals surface area (Å²) in [5.74, 6) is 0.566. The second-order valence-electron chi connectivity index (χ2n) is 5.95. The van der Waals surface area contributed by atoms with Gasteiger partial charge in [-0.3, -0.25) is 20.2 Å². The van der Waals surface area contributed by atoms with Crippen molar-refractivity contribution in [3.63, 3.8) is 0 Å². The van der Waals surface area contributed by atoms with Crippen LogP contribution in [0.2, 0.25) is 0 Å². The number of para-hydroxylation sites is 2. The summed E-state index contributed by atoms with van der Waals surface area (Å²) in [7, 11) is 0. The zero-order chi connectivity index (χ0) is 20.8. The van der Waals surface area contributed by atoms with Gasteiger partial charge in [0.25, 0.3) is 0 Å². The second-order valence-corrected chi connectivity index (χ2v) is 7.88. The fraction of sp³-hybridized carbons (Fsp3) is 0.100. The topological polar surface area (TPSA) is 110 Å². The number of carbonyl (C=O) groups is 2. The second kappa shape index (κ2) is 9.51. The highest BCUT2D eigenvalue weighted by Crippen LogP contribution is 2.30. The molecule has 8 nitrogen and oxygen atoms in total. The minimum absolute atomic E-state index is 0.125. The average molecular weight is 441 g/mol. The molecule has 3 aromatic heterocycles. The summed E-state index contributed by atoms with van der Waals surface area (Å²) in [6, 6.07) is 14.2. The number of fused-ring (bicyclic) bond motifs is 1. The minimum Gasteiger partial charge on any atom is -0.449 e. The summed E-state index contributed by atoms with van der Waals surface area (Å²) in [5.41, 5.74) is 1.44. The van der Waals surface area contributed by atoms with Gasteiger partial charge < -0.3 is 8.83 Å². The lowest BCUT2D eigenvalue weighted by atomic mass is 10.3. The number of anilines is 2. The summed E-state index contributed by atoms with van der Waals surface area (Å²) in [6.07, 6.45) is 2.97. The number of benzene rings is 1. The Kier molecular flexibility index (Phi) is 6.35. The Balaban J connectivity index is 1.45. The van der Waals surface area contributed by atoms with Crippen LogP contribution in [0.4, 0.5) is 11.8 Å². The average Bonchev–Trinajstić information content (AvgIpc) is 3.44. The van der Waals surface area contributed by atoms with E-state index in [4.69, 9.17) is 8.83 Å². The minimum atomic E-state index is -0.226. The van der Waals surface area contributed by atoms with E-state index < -0.39 is 0 Å². The molecule has 10 heteroatoms. The van der Waals surface area contributed by atoms with Crippen molar-refractivity contribution in [2.75, 3.05) is 22.1 Å². The van der Waals surface area contributed by atoms with Crippen molar-refractivity contribution in [2.24, 2.45) is 0 Å². The Morgan fingerprint density at radius 3 is 1.60 bits per heavy atom. The molecule has 4 rings (SSSR count). The molecule has 3 heterocycles. The summed E-state index contributed by atoms with van der Waals surface area (Å²) < 4.78 is 10.2. The van der Waals surface area contributed by atoms with Crippen molar-refractivity contribution in [1.29, 1.82) is 0 Å². The van der Waals surface area contributed by atoms with Crippen LogP contribution < -0.4 is 10.6 Å². The van der Waals surface area contributed by atoms with Crippen LogP contribution >= 0.6 is 23.5 Å². The van der Waals surface area contributed by atoms with Crippen molar-refractivity contribution in [2.45, 2.75) is 10.1 Å². The van der Waals surface area contributed by atoms with E-state index >= 15 is 0 Å². The number of nitrogens with one attached hydrogen (secondary N) is 2. The first-order valence-corrected chi connectivity index (χ1v) is 10.8. The number of furan rings is 2. The Bertz CT molecular complexity index is 1060. The van der Waals surface area contributed by atoms with E-state index in [-0.39, 0.29) is 23.3 Å². The fourth-order valence-electron chi connectivity index (χ4n) is 2.47. The van der Waals surface area contributed by atoms with Gasteiger partial charge in [0.2, 0.25) is 11.8 Å². The summed E-state index contributed by atoms with van der Waals surface area (Å²) in [5, 5.41) is 6.50. The van der Waals surface area contributed by atoms with Gasteiger partial charge >= 0.3 is 0 Å². The van der Waals surface area contributed by atoms with Crippen molar-refractivity contribution in [3.05, 3.63) is 61.1 Å². The van der Waals surface area contributed by atoms with Gasteiger partial charge in [0.15, 0.2) is 11.8 Å². The Labute approximate surface area is 179 Å². The van der Waals surface area contributed by atoms with Crippen LogP contribution in [0.15, 0.2) is 79.9 Å². The Hall–Kier alpha value is -3.24. The predicted molar refractivity (Wildman–Crippen MR) is 116 cm³/mol. The summed E-state index contributed by atoms with van der Waals surface area (Å²) >= 11 is 2.50. The number of amides is 2. The highest BCUT2D eigenvalue weighted by atomic mass is 32.2. The molecule has 0 fully saturated rings. The number of carbonyl (C=O) groups excluding carboxylic acids is 2. The number of thioether (sulfide) groups is 2. The third kappa shape index (κ3) is 5.22. The molecule has 0 saturated carbocycles. The predicted octanol–water partition coefficient (Wildman–Crippen LogP) is 4.28. The molecular weight excluding hydrogens is 424 g/mol. The van der Waals surface area contributed by atoms with Gasteiger partial charge in [-0.25, -0.2) is 9.97 Å². The molecule has 0 aliphatic carbocycles. The fourth-order valence-corrected chi connectivity index (χ4v) is 4.17. The van der Waals surface area contributed by atoms with E-state index in [0.717, 1.165) is 11.0 Å². The number of rotatable bonds is 8. The van der Waals surface area contributed by atoms with E-state index in [2.05, 4.69) is 20.6 Å².